The number of nitrogens with one attached hydrogen (secondary N) is 1. The van der Waals surface area contributed by atoms with Gasteiger partial charge in [0.1, 0.15) is 0 Å². The van der Waals surface area contributed by atoms with Gasteiger partial charge in [-0.3, -0.25) is 14.9 Å². The van der Waals surface area contributed by atoms with Gasteiger partial charge in [0.05, 0.1) is 18.0 Å². The highest BCUT2D eigenvalue weighted by atomic mass is 16.6. The average molecular weight is 262 g/mol. The second-order valence-electron chi connectivity index (χ2n) is 4.14. The molecule has 0 spiro atoms. The fourth-order valence-electron chi connectivity index (χ4n) is 1.93. The Balaban J connectivity index is 2.09. The molecular weight excluding hydrogens is 248 g/mol. The van der Waals surface area contributed by atoms with Crippen LogP contribution in [0.15, 0.2) is 30.0 Å². The molecule has 1 aliphatic rings. The lowest BCUT2D eigenvalue weighted by molar-refractivity contribution is -0.384. The molecule has 0 radical (unpaired) electrons. The van der Waals surface area contributed by atoms with Crippen LogP contribution in [0.1, 0.15) is 18.9 Å². The lowest BCUT2D eigenvalue weighted by Crippen LogP contribution is -2.14. The summed E-state index contributed by atoms with van der Waals surface area (Å²) in [4.78, 5) is 21.6. The van der Waals surface area contributed by atoms with Crippen molar-refractivity contribution in [3.63, 3.8) is 0 Å². The van der Waals surface area contributed by atoms with E-state index in [2.05, 4.69) is 5.32 Å². The van der Waals surface area contributed by atoms with Crippen molar-refractivity contribution >= 4 is 17.3 Å². The summed E-state index contributed by atoms with van der Waals surface area (Å²) in [7, 11) is 0. The number of hydrogen-bond donors (Lipinski definition) is 1. The lowest BCUT2D eigenvalue weighted by Gasteiger charge is -2.18. The summed E-state index contributed by atoms with van der Waals surface area (Å²) in [6.45, 7) is 2.11. The van der Waals surface area contributed by atoms with E-state index < -0.39 is 4.92 Å². The Kier molecular flexibility index (Phi) is 3.79. The summed E-state index contributed by atoms with van der Waals surface area (Å²) in [5.74, 6) is -0.286. The Morgan fingerprint density at radius 1 is 1.53 bits per heavy atom. The number of anilines is 1. The number of nitro groups is 1. The maximum Gasteiger partial charge on any atom is 0.311 e. The quantitative estimate of drug-likeness (QED) is 0.512. The highest BCUT2D eigenvalue weighted by Crippen LogP contribution is 2.28. The molecule has 1 aliphatic heterocycles. The molecular formula is C13H14N2O4. The minimum absolute atomic E-state index is 0.0720. The third kappa shape index (κ3) is 3.09. The monoisotopic (exact) mass is 262 g/mol. The van der Waals surface area contributed by atoms with Crippen LogP contribution in [-0.2, 0) is 16.0 Å². The van der Waals surface area contributed by atoms with Crippen molar-refractivity contribution in [1.82, 2.24) is 0 Å². The van der Waals surface area contributed by atoms with Crippen LogP contribution in [0.25, 0.3) is 0 Å². The number of ether oxygens (including phenoxy) is 1. The number of carbonyl (C=O) groups excluding carboxylic acids is 1. The fourth-order valence-corrected chi connectivity index (χ4v) is 1.93. The maximum atomic E-state index is 11.4. The van der Waals surface area contributed by atoms with Gasteiger partial charge in [-0.1, -0.05) is 6.08 Å². The predicted molar refractivity (Wildman–Crippen MR) is 69.8 cm³/mol. The summed E-state index contributed by atoms with van der Waals surface area (Å²) in [5.41, 5.74) is 2.48. The molecule has 0 bridgehead atoms. The number of rotatable bonds is 4. The molecule has 0 fully saturated rings. The number of esters is 1. The summed E-state index contributed by atoms with van der Waals surface area (Å²) in [6.07, 6.45) is 2.60. The number of fused-ring (bicyclic) bond motifs is 1. The Hall–Kier alpha value is -2.37. The van der Waals surface area contributed by atoms with E-state index in [0.717, 1.165) is 16.9 Å². The zero-order valence-corrected chi connectivity index (χ0v) is 10.5. The minimum Gasteiger partial charge on any atom is -0.466 e. The molecule has 0 aromatic heterocycles. The Labute approximate surface area is 110 Å². The number of allylic oxidation sites excluding steroid dienone is 1. The first kappa shape index (κ1) is 13.1. The molecule has 0 saturated heterocycles. The fraction of sp³-hybridized carbons (Fsp3) is 0.308. The van der Waals surface area contributed by atoms with Gasteiger partial charge in [0.2, 0.25) is 0 Å². The van der Waals surface area contributed by atoms with Crippen LogP contribution in [-0.4, -0.2) is 17.5 Å². The van der Waals surface area contributed by atoms with Crippen molar-refractivity contribution in [2.75, 3.05) is 11.9 Å². The van der Waals surface area contributed by atoms with Crippen LogP contribution in [0.3, 0.4) is 0 Å². The van der Waals surface area contributed by atoms with Crippen molar-refractivity contribution < 1.29 is 14.5 Å². The third-order valence-electron chi connectivity index (χ3n) is 2.80. The van der Waals surface area contributed by atoms with Crippen LogP contribution < -0.4 is 5.32 Å². The number of nitrogens with zero attached hydrogens (tertiary/aromatic N) is 1. The number of nitro benzene ring substituents is 1. The van der Waals surface area contributed by atoms with Crippen molar-refractivity contribution in [3.05, 3.63) is 45.6 Å². The first-order valence-electron chi connectivity index (χ1n) is 5.99. The molecule has 19 heavy (non-hydrogen) atoms. The van der Waals surface area contributed by atoms with E-state index in [9.17, 15) is 14.9 Å². The Morgan fingerprint density at radius 3 is 3.00 bits per heavy atom. The summed E-state index contributed by atoms with van der Waals surface area (Å²) < 4.78 is 4.87. The number of hydrogen-bond acceptors (Lipinski definition) is 5. The van der Waals surface area contributed by atoms with E-state index in [1.807, 2.05) is 6.08 Å². The van der Waals surface area contributed by atoms with Crippen LogP contribution in [0.2, 0.25) is 0 Å². The molecule has 1 N–H and O–H groups in total. The first-order valence-corrected chi connectivity index (χ1v) is 5.99. The van der Waals surface area contributed by atoms with Gasteiger partial charge in [0, 0.05) is 23.5 Å². The smallest absolute Gasteiger partial charge is 0.311 e. The van der Waals surface area contributed by atoms with E-state index in [0.29, 0.717) is 13.0 Å². The van der Waals surface area contributed by atoms with Crippen LogP contribution >= 0.6 is 0 Å². The van der Waals surface area contributed by atoms with E-state index in [1.165, 1.54) is 6.07 Å². The van der Waals surface area contributed by atoms with Crippen molar-refractivity contribution in [2.45, 2.75) is 19.8 Å². The zero-order chi connectivity index (χ0) is 13.8. The lowest BCUT2D eigenvalue weighted by atomic mass is 10.0. The Morgan fingerprint density at radius 2 is 2.32 bits per heavy atom. The van der Waals surface area contributed by atoms with E-state index in [4.69, 9.17) is 4.74 Å². The summed E-state index contributed by atoms with van der Waals surface area (Å²) >= 11 is 0. The molecule has 2 rings (SSSR count). The number of non-ortho nitro benzene ring substituents is 1. The van der Waals surface area contributed by atoms with Gasteiger partial charge < -0.3 is 10.1 Å². The highest BCUT2D eigenvalue weighted by Gasteiger charge is 2.16. The molecule has 1 aromatic carbocycles. The van der Waals surface area contributed by atoms with Crippen LogP contribution in [0.5, 0.6) is 0 Å². The normalized spacial score (nSPS) is 13.0. The topological polar surface area (TPSA) is 81.5 Å². The van der Waals surface area contributed by atoms with Gasteiger partial charge in [0.15, 0.2) is 0 Å². The third-order valence-corrected chi connectivity index (χ3v) is 2.80. The number of benzene rings is 1. The molecule has 1 heterocycles. The second-order valence-corrected chi connectivity index (χ2v) is 4.14. The molecule has 0 atom stereocenters. The molecule has 0 amide bonds. The van der Waals surface area contributed by atoms with Crippen LogP contribution in [0, 0.1) is 10.1 Å². The van der Waals surface area contributed by atoms with Gasteiger partial charge in [0.25, 0.3) is 5.69 Å². The van der Waals surface area contributed by atoms with E-state index in [1.54, 1.807) is 19.1 Å². The van der Waals surface area contributed by atoms with Crippen molar-refractivity contribution in [3.8, 4) is 0 Å². The number of carbonyl (C=O) groups is 1. The predicted octanol–water partition coefficient (Wildman–Crippen LogP) is 2.40. The van der Waals surface area contributed by atoms with Crippen LogP contribution in [0.4, 0.5) is 11.4 Å². The van der Waals surface area contributed by atoms with Gasteiger partial charge in [-0.15, -0.1) is 0 Å². The molecule has 6 heteroatoms. The molecule has 6 nitrogen and oxygen atoms in total. The van der Waals surface area contributed by atoms with Gasteiger partial charge >= 0.3 is 5.97 Å². The average Bonchev–Trinajstić information content (AvgIpc) is 2.38. The summed E-state index contributed by atoms with van der Waals surface area (Å²) in [5, 5.41) is 13.8. The zero-order valence-electron chi connectivity index (χ0n) is 10.5. The molecule has 0 saturated carbocycles. The van der Waals surface area contributed by atoms with Gasteiger partial charge in [-0.25, -0.2) is 0 Å². The maximum absolute atomic E-state index is 11.4. The van der Waals surface area contributed by atoms with Crippen molar-refractivity contribution in [1.29, 1.82) is 0 Å². The van der Waals surface area contributed by atoms with E-state index >= 15 is 0 Å². The SMILES string of the molecule is CCOC(=O)CC1=CCc2cc([N+](=O)[O-])ccc2N1. The standard InChI is InChI=1S/C13H14N2O4/c1-2-19-13(16)8-10-4-3-9-7-11(15(17)18)5-6-12(9)14-10/h4-7,14H,2-3,8H2,1H3. The molecule has 0 aliphatic carbocycles. The largest absolute Gasteiger partial charge is 0.466 e. The minimum atomic E-state index is -0.419. The van der Waals surface area contributed by atoms with Gasteiger partial charge in [-0.2, -0.15) is 0 Å². The molecule has 0 unspecified atom stereocenters. The summed E-state index contributed by atoms with van der Waals surface area (Å²) in [6, 6.07) is 4.64. The molecule has 100 valence electrons. The molecule has 1 aromatic rings. The first-order chi connectivity index (χ1) is 9.10. The van der Waals surface area contributed by atoms with E-state index in [-0.39, 0.29) is 18.1 Å². The Bertz CT molecular complexity index is 552. The van der Waals surface area contributed by atoms with Gasteiger partial charge in [-0.05, 0) is 25.0 Å². The van der Waals surface area contributed by atoms with Crippen molar-refractivity contribution in [2.24, 2.45) is 0 Å². The second kappa shape index (κ2) is 5.51. The highest BCUT2D eigenvalue weighted by molar-refractivity contribution is 5.75.